The molecule has 0 bridgehead atoms. The van der Waals surface area contributed by atoms with Gasteiger partial charge in [-0.3, -0.25) is 4.90 Å². The molecule has 0 saturated carbocycles. The van der Waals surface area contributed by atoms with Gasteiger partial charge in [0.25, 0.3) is 0 Å². The van der Waals surface area contributed by atoms with Crippen LogP contribution in [0.5, 0.6) is 0 Å². The number of rotatable bonds is 1. The van der Waals surface area contributed by atoms with Crippen molar-refractivity contribution in [2.75, 3.05) is 13.6 Å². The Morgan fingerprint density at radius 2 is 1.81 bits per heavy atom. The van der Waals surface area contributed by atoms with E-state index in [0.29, 0.717) is 6.04 Å². The van der Waals surface area contributed by atoms with Crippen LogP contribution in [0.2, 0.25) is 0 Å². The fourth-order valence-corrected chi connectivity index (χ4v) is 1.65. The third kappa shape index (κ3) is 6.12. The number of allylic oxidation sites excluding steroid dienone is 1. The third-order valence-electron chi connectivity index (χ3n) is 2.61. The summed E-state index contributed by atoms with van der Waals surface area (Å²) >= 11 is 0. The molecule has 1 unspecified atom stereocenters. The summed E-state index contributed by atoms with van der Waals surface area (Å²) in [4.78, 5) is 2.36. The predicted molar refractivity (Wildman–Crippen MR) is 76.9 cm³/mol. The van der Waals surface area contributed by atoms with Crippen molar-refractivity contribution in [3.63, 3.8) is 0 Å². The van der Waals surface area contributed by atoms with E-state index in [1.54, 1.807) is 0 Å². The van der Waals surface area contributed by atoms with E-state index in [4.69, 9.17) is 0 Å². The third-order valence-corrected chi connectivity index (χ3v) is 2.61. The molecule has 0 aliphatic carbocycles. The predicted octanol–water partition coefficient (Wildman–Crippen LogP) is 4.66. The van der Waals surface area contributed by atoms with E-state index in [1.165, 1.54) is 17.6 Å². The lowest BCUT2D eigenvalue weighted by Gasteiger charge is -2.33. The summed E-state index contributed by atoms with van der Waals surface area (Å²) < 4.78 is 0. The average Bonchev–Trinajstić information content (AvgIpc) is 2.31. The van der Waals surface area contributed by atoms with Crippen molar-refractivity contribution < 1.29 is 0 Å². The molecule has 1 atom stereocenters. The standard InChI is InChI=1S/C11H19N.2C2H6/c1-5-6-11-7-10(3)12(4)8-9(11)2;2*1-2/h6,10H,2,5,7-8H2,1,3-4H3;2*1-2H3/b11-6-;;. The largest absolute Gasteiger partial charge is 0.299 e. The Balaban J connectivity index is 0. The van der Waals surface area contributed by atoms with E-state index in [9.17, 15) is 0 Å². The van der Waals surface area contributed by atoms with E-state index >= 15 is 0 Å². The highest BCUT2D eigenvalue weighted by Gasteiger charge is 2.19. The Morgan fingerprint density at radius 3 is 2.25 bits per heavy atom. The van der Waals surface area contributed by atoms with Crippen LogP contribution in [0.1, 0.15) is 54.4 Å². The van der Waals surface area contributed by atoms with Crippen molar-refractivity contribution in [1.29, 1.82) is 0 Å². The van der Waals surface area contributed by atoms with E-state index in [2.05, 4.69) is 38.5 Å². The molecule has 96 valence electrons. The van der Waals surface area contributed by atoms with E-state index in [1.807, 2.05) is 27.7 Å². The maximum atomic E-state index is 4.09. The van der Waals surface area contributed by atoms with Gasteiger partial charge in [-0.25, -0.2) is 0 Å². The molecule has 0 aromatic heterocycles. The Labute approximate surface area is 103 Å². The van der Waals surface area contributed by atoms with E-state index in [-0.39, 0.29) is 0 Å². The Bertz CT molecular complexity index is 203. The van der Waals surface area contributed by atoms with Crippen LogP contribution in [0.3, 0.4) is 0 Å². The molecule has 0 spiro atoms. The molecule has 1 heteroatoms. The summed E-state index contributed by atoms with van der Waals surface area (Å²) in [6.45, 7) is 17.6. The van der Waals surface area contributed by atoms with Gasteiger partial charge in [0.2, 0.25) is 0 Å². The normalized spacial score (nSPS) is 23.1. The molecular weight excluding hydrogens is 194 g/mol. The minimum atomic E-state index is 0.674. The second-order valence-electron chi connectivity index (χ2n) is 3.71. The van der Waals surface area contributed by atoms with Gasteiger partial charge < -0.3 is 0 Å². The van der Waals surface area contributed by atoms with Crippen LogP contribution < -0.4 is 0 Å². The molecule has 1 fully saturated rings. The molecule has 0 aromatic rings. The lowest BCUT2D eigenvalue weighted by atomic mass is 9.94. The molecule has 16 heavy (non-hydrogen) atoms. The summed E-state index contributed by atoms with van der Waals surface area (Å²) in [6.07, 6.45) is 4.61. The van der Waals surface area contributed by atoms with Gasteiger partial charge >= 0.3 is 0 Å². The van der Waals surface area contributed by atoms with Gasteiger partial charge in [0.05, 0.1) is 0 Å². The van der Waals surface area contributed by atoms with Gasteiger partial charge in [-0.2, -0.15) is 0 Å². The fourth-order valence-electron chi connectivity index (χ4n) is 1.65. The van der Waals surface area contributed by atoms with Gasteiger partial charge in [0.15, 0.2) is 0 Å². The Kier molecular flexibility index (Phi) is 12.2. The van der Waals surface area contributed by atoms with Crippen LogP contribution in [-0.4, -0.2) is 24.5 Å². The average molecular weight is 225 g/mol. The molecule has 0 aromatic carbocycles. The van der Waals surface area contributed by atoms with Crippen LogP contribution in [0.4, 0.5) is 0 Å². The van der Waals surface area contributed by atoms with Gasteiger partial charge in [0.1, 0.15) is 0 Å². The summed E-state index contributed by atoms with van der Waals surface area (Å²) in [5.74, 6) is 0. The second-order valence-corrected chi connectivity index (χ2v) is 3.71. The topological polar surface area (TPSA) is 3.24 Å². The number of piperidine rings is 1. The maximum absolute atomic E-state index is 4.09. The highest BCUT2D eigenvalue weighted by molar-refractivity contribution is 5.32. The van der Waals surface area contributed by atoms with E-state index < -0.39 is 0 Å². The SMILES string of the molecule is C=C1CN(C)C(C)C/C1=C/CC.CC.CC. The highest BCUT2D eigenvalue weighted by atomic mass is 15.1. The van der Waals surface area contributed by atoms with Crippen molar-refractivity contribution in [3.8, 4) is 0 Å². The zero-order valence-corrected chi connectivity index (χ0v) is 12.4. The lowest BCUT2D eigenvalue weighted by Crippen LogP contribution is -2.35. The van der Waals surface area contributed by atoms with Crippen LogP contribution >= 0.6 is 0 Å². The Morgan fingerprint density at radius 1 is 1.31 bits per heavy atom. The van der Waals surface area contributed by atoms with Crippen LogP contribution in [-0.2, 0) is 0 Å². The monoisotopic (exact) mass is 225 g/mol. The maximum Gasteiger partial charge on any atom is 0.0230 e. The molecule has 1 aliphatic heterocycles. The first kappa shape index (κ1) is 17.8. The highest BCUT2D eigenvalue weighted by Crippen LogP contribution is 2.24. The van der Waals surface area contributed by atoms with Gasteiger partial charge in [-0.15, -0.1) is 0 Å². The molecule has 1 rings (SSSR count). The molecule has 1 saturated heterocycles. The minimum absolute atomic E-state index is 0.674. The van der Waals surface area contributed by atoms with Gasteiger partial charge in [0, 0.05) is 12.6 Å². The molecule has 1 aliphatic rings. The first-order chi connectivity index (χ1) is 7.65. The van der Waals surface area contributed by atoms with Crippen LogP contribution in [0, 0.1) is 0 Å². The van der Waals surface area contributed by atoms with Crippen molar-refractivity contribution >= 4 is 0 Å². The molecule has 1 heterocycles. The molecule has 0 radical (unpaired) electrons. The first-order valence-electron chi connectivity index (χ1n) is 6.72. The summed E-state index contributed by atoms with van der Waals surface area (Å²) in [5, 5.41) is 0. The van der Waals surface area contributed by atoms with Crippen molar-refractivity contribution in [2.24, 2.45) is 0 Å². The van der Waals surface area contributed by atoms with Crippen LogP contribution in [0.15, 0.2) is 23.8 Å². The zero-order valence-electron chi connectivity index (χ0n) is 12.4. The van der Waals surface area contributed by atoms with Gasteiger partial charge in [-0.1, -0.05) is 47.3 Å². The Hall–Kier alpha value is -0.560. The summed E-state index contributed by atoms with van der Waals surface area (Å²) in [6, 6.07) is 0.674. The molecule has 0 amide bonds. The quantitative estimate of drug-likeness (QED) is 0.627. The first-order valence-corrected chi connectivity index (χ1v) is 6.72. The summed E-state index contributed by atoms with van der Waals surface area (Å²) in [5.41, 5.74) is 2.78. The van der Waals surface area contributed by atoms with Crippen LogP contribution in [0.25, 0.3) is 0 Å². The molecule has 1 nitrogen and oxygen atoms in total. The van der Waals surface area contributed by atoms with Crippen molar-refractivity contribution in [2.45, 2.75) is 60.4 Å². The van der Waals surface area contributed by atoms with Crippen molar-refractivity contribution in [1.82, 2.24) is 4.90 Å². The zero-order chi connectivity index (χ0) is 13.1. The number of hydrogen-bond donors (Lipinski definition) is 0. The lowest BCUT2D eigenvalue weighted by molar-refractivity contribution is 0.260. The molecule has 0 N–H and O–H groups in total. The number of likely N-dealkylation sites (N-methyl/N-ethyl adjacent to an activating group) is 1. The summed E-state index contributed by atoms with van der Waals surface area (Å²) in [7, 11) is 2.17. The van der Waals surface area contributed by atoms with Gasteiger partial charge in [-0.05, 0) is 38.0 Å². The minimum Gasteiger partial charge on any atom is -0.299 e. The molecular formula is C15H31N. The van der Waals surface area contributed by atoms with Crippen molar-refractivity contribution in [3.05, 3.63) is 23.8 Å². The second kappa shape index (κ2) is 10.9. The fraction of sp³-hybridized carbons (Fsp3) is 0.733. The number of likely N-dealkylation sites (tertiary alicyclic amines) is 1. The smallest absolute Gasteiger partial charge is 0.0230 e. The number of hydrogen-bond acceptors (Lipinski definition) is 1. The van der Waals surface area contributed by atoms with E-state index in [0.717, 1.165) is 13.0 Å². The number of nitrogens with zero attached hydrogens (tertiary/aromatic N) is 1.